The SMILES string of the molecule is CN=C(NCCC(F)(F)F)NC1CCCC(C)C1.I. The fourth-order valence-corrected chi connectivity index (χ4v) is 2.28. The van der Waals surface area contributed by atoms with Crippen molar-refractivity contribution in [3.63, 3.8) is 0 Å². The Morgan fingerprint density at radius 2 is 2.00 bits per heavy atom. The van der Waals surface area contributed by atoms with Gasteiger partial charge >= 0.3 is 6.18 Å². The zero-order valence-electron chi connectivity index (χ0n) is 11.4. The van der Waals surface area contributed by atoms with Crippen molar-refractivity contribution in [3.05, 3.63) is 0 Å². The summed E-state index contributed by atoms with van der Waals surface area (Å²) < 4.78 is 36.1. The number of alkyl halides is 3. The summed E-state index contributed by atoms with van der Waals surface area (Å²) in [5.41, 5.74) is 0. The predicted molar refractivity (Wildman–Crippen MR) is 82.0 cm³/mol. The van der Waals surface area contributed by atoms with Crippen LogP contribution in [-0.2, 0) is 0 Å². The molecule has 1 aliphatic rings. The van der Waals surface area contributed by atoms with E-state index in [4.69, 9.17) is 0 Å². The van der Waals surface area contributed by atoms with Gasteiger partial charge in [0.15, 0.2) is 5.96 Å². The lowest BCUT2D eigenvalue weighted by Crippen LogP contribution is -2.45. The summed E-state index contributed by atoms with van der Waals surface area (Å²) in [5, 5.41) is 5.90. The van der Waals surface area contributed by atoms with Gasteiger partial charge in [-0.15, -0.1) is 24.0 Å². The van der Waals surface area contributed by atoms with Crippen LogP contribution in [0.1, 0.15) is 39.0 Å². The maximum absolute atomic E-state index is 12.0. The van der Waals surface area contributed by atoms with Crippen LogP contribution in [0.5, 0.6) is 0 Å². The van der Waals surface area contributed by atoms with Gasteiger partial charge in [-0.3, -0.25) is 4.99 Å². The maximum atomic E-state index is 12.0. The van der Waals surface area contributed by atoms with Gasteiger partial charge in [-0.05, 0) is 18.8 Å². The molecule has 2 unspecified atom stereocenters. The number of hydrogen-bond donors (Lipinski definition) is 2. The molecule has 19 heavy (non-hydrogen) atoms. The molecule has 1 rings (SSSR count). The van der Waals surface area contributed by atoms with E-state index in [1.54, 1.807) is 7.05 Å². The predicted octanol–water partition coefficient (Wildman–Crippen LogP) is 3.30. The third kappa shape index (κ3) is 8.54. The normalized spacial score (nSPS) is 24.6. The second-order valence-electron chi connectivity index (χ2n) is 4.98. The highest BCUT2D eigenvalue weighted by Crippen LogP contribution is 2.23. The fraction of sp³-hybridized carbons (Fsp3) is 0.917. The van der Waals surface area contributed by atoms with Gasteiger partial charge in [-0.25, -0.2) is 0 Å². The molecule has 0 heterocycles. The first-order valence-corrected chi connectivity index (χ1v) is 6.44. The lowest BCUT2D eigenvalue weighted by molar-refractivity contribution is -0.132. The lowest BCUT2D eigenvalue weighted by atomic mass is 9.87. The molecule has 0 amide bonds. The van der Waals surface area contributed by atoms with Crippen LogP contribution in [0.2, 0.25) is 0 Å². The molecule has 0 aromatic rings. The second-order valence-corrected chi connectivity index (χ2v) is 4.98. The van der Waals surface area contributed by atoms with E-state index in [1.165, 1.54) is 12.8 Å². The van der Waals surface area contributed by atoms with Gasteiger partial charge < -0.3 is 10.6 Å². The Balaban J connectivity index is 0.00000324. The first-order chi connectivity index (χ1) is 8.40. The summed E-state index contributed by atoms with van der Waals surface area (Å²) in [6.07, 6.45) is -0.444. The zero-order chi connectivity index (χ0) is 13.6. The molecule has 0 saturated heterocycles. The van der Waals surface area contributed by atoms with E-state index in [2.05, 4.69) is 22.5 Å². The second kappa shape index (κ2) is 8.86. The minimum absolute atomic E-state index is 0. The Kier molecular flexibility index (Phi) is 8.76. The average Bonchev–Trinajstić information content (AvgIpc) is 2.26. The molecule has 2 N–H and O–H groups in total. The molecule has 1 saturated carbocycles. The van der Waals surface area contributed by atoms with E-state index < -0.39 is 12.6 Å². The van der Waals surface area contributed by atoms with Crippen molar-refractivity contribution in [3.8, 4) is 0 Å². The summed E-state index contributed by atoms with van der Waals surface area (Å²) in [6, 6.07) is 0.325. The van der Waals surface area contributed by atoms with Crippen LogP contribution >= 0.6 is 24.0 Å². The molecule has 1 aliphatic carbocycles. The van der Waals surface area contributed by atoms with E-state index >= 15 is 0 Å². The number of nitrogens with one attached hydrogen (secondary N) is 2. The molecule has 0 aromatic carbocycles. The summed E-state index contributed by atoms with van der Waals surface area (Å²) in [7, 11) is 1.58. The Labute approximate surface area is 129 Å². The summed E-state index contributed by atoms with van der Waals surface area (Å²) in [5.74, 6) is 1.14. The van der Waals surface area contributed by atoms with Crippen LogP contribution < -0.4 is 10.6 Å². The third-order valence-electron chi connectivity index (χ3n) is 3.20. The number of aliphatic imine (C=N–C) groups is 1. The van der Waals surface area contributed by atoms with Crippen molar-refractivity contribution in [2.24, 2.45) is 10.9 Å². The lowest BCUT2D eigenvalue weighted by Gasteiger charge is -2.28. The number of rotatable bonds is 3. The first kappa shape index (κ1) is 18.8. The number of nitrogens with zero attached hydrogens (tertiary/aromatic N) is 1. The quantitative estimate of drug-likeness (QED) is 0.439. The van der Waals surface area contributed by atoms with Crippen LogP contribution in [0.4, 0.5) is 13.2 Å². The molecule has 0 aromatic heterocycles. The standard InChI is InChI=1S/C12H22F3N3.HI/c1-9-4-3-5-10(8-9)18-11(16-2)17-7-6-12(13,14)15;/h9-10H,3-8H2,1-2H3,(H2,16,17,18);1H. The van der Waals surface area contributed by atoms with Crippen LogP contribution in [-0.4, -0.2) is 31.8 Å². The molecular formula is C12H23F3IN3. The molecule has 0 aliphatic heterocycles. The number of guanidine groups is 1. The van der Waals surface area contributed by atoms with Gasteiger partial charge in [-0.1, -0.05) is 19.8 Å². The van der Waals surface area contributed by atoms with E-state index in [1.807, 2.05) is 0 Å². The van der Waals surface area contributed by atoms with E-state index in [9.17, 15) is 13.2 Å². The topological polar surface area (TPSA) is 36.4 Å². The van der Waals surface area contributed by atoms with Crippen molar-refractivity contribution in [2.45, 2.75) is 51.2 Å². The number of halogens is 4. The van der Waals surface area contributed by atoms with Crippen molar-refractivity contribution in [1.29, 1.82) is 0 Å². The summed E-state index contributed by atoms with van der Waals surface area (Å²) in [4.78, 5) is 3.95. The fourth-order valence-electron chi connectivity index (χ4n) is 2.28. The summed E-state index contributed by atoms with van der Waals surface area (Å²) in [6.45, 7) is 2.07. The van der Waals surface area contributed by atoms with Gasteiger partial charge in [-0.2, -0.15) is 13.2 Å². The molecule has 0 bridgehead atoms. The van der Waals surface area contributed by atoms with Crippen molar-refractivity contribution < 1.29 is 13.2 Å². The van der Waals surface area contributed by atoms with Crippen LogP contribution in [0.3, 0.4) is 0 Å². The van der Waals surface area contributed by atoms with Crippen LogP contribution in [0.15, 0.2) is 4.99 Å². The Hall–Kier alpha value is -0.210. The smallest absolute Gasteiger partial charge is 0.356 e. The van der Waals surface area contributed by atoms with Crippen molar-refractivity contribution in [1.82, 2.24) is 10.6 Å². The Morgan fingerprint density at radius 1 is 1.32 bits per heavy atom. The van der Waals surface area contributed by atoms with Gasteiger partial charge in [0.25, 0.3) is 0 Å². The Morgan fingerprint density at radius 3 is 2.53 bits per heavy atom. The molecule has 0 spiro atoms. The molecule has 2 atom stereocenters. The Bertz CT molecular complexity index is 282. The largest absolute Gasteiger partial charge is 0.390 e. The van der Waals surface area contributed by atoms with Gasteiger partial charge in [0.05, 0.1) is 6.42 Å². The molecule has 7 heteroatoms. The van der Waals surface area contributed by atoms with Gasteiger partial charge in [0.2, 0.25) is 0 Å². The van der Waals surface area contributed by atoms with Crippen molar-refractivity contribution >= 4 is 29.9 Å². The van der Waals surface area contributed by atoms with E-state index in [0.717, 1.165) is 12.8 Å². The third-order valence-corrected chi connectivity index (χ3v) is 3.20. The minimum atomic E-state index is -4.12. The van der Waals surface area contributed by atoms with E-state index in [0.29, 0.717) is 17.9 Å². The molecule has 1 fully saturated rings. The maximum Gasteiger partial charge on any atom is 0.390 e. The molecule has 0 radical (unpaired) electrons. The van der Waals surface area contributed by atoms with Gasteiger partial charge in [0.1, 0.15) is 0 Å². The highest BCUT2D eigenvalue weighted by Gasteiger charge is 2.26. The minimum Gasteiger partial charge on any atom is -0.356 e. The number of hydrogen-bond acceptors (Lipinski definition) is 1. The van der Waals surface area contributed by atoms with Gasteiger partial charge in [0, 0.05) is 19.6 Å². The molecular weight excluding hydrogens is 370 g/mol. The molecule has 114 valence electrons. The van der Waals surface area contributed by atoms with E-state index in [-0.39, 0.29) is 30.5 Å². The average molecular weight is 393 g/mol. The molecule has 3 nitrogen and oxygen atoms in total. The van der Waals surface area contributed by atoms with Crippen molar-refractivity contribution in [2.75, 3.05) is 13.6 Å². The monoisotopic (exact) mass is 393 g/mol. The highest BCUT2D eigenvalue weighted by molar-refractivity contribution is 14.0. The highest BCUT2D eigenvalue weighted by atomic mass is 127. The van der Waals surface area contributed by atoms with Crippen LogP contribution in [0, 0.1) is 5.92 Å². The zero-order valence-corrected chi connectivity index (χ0v) is 13.7. The summed E-state index contributed by atoms with van der Waals surface area (Å²) >= 11 is 0. The first-order valence-electron chi connectivity index (χ1n) is 6.44. The van der Waals surface area contributed by atoms with Crippen LogP contribution in [0.25, 0.3) is 0 Å².